The van der Waals surface area contributed by atoms with Crippen molar-refractivity contribution in [1.82, 2.24) is 4.90 Å². The summed E-state index contributed by atoms with van der Waals surface area (Å²) in [5, 5.41) is -0.148. The van der Waals surface area contributed by atoms with E-state index in [-0.39, 0.29) is 10.7 Å². The topological polar surface area (TPSA) is 40.6 Å². The van der Waals surface area contributed by atoms with E-state index in [1.807, 2.05) is 73.3 Å². The van der Waals surface area contributed by atoms with Gasteiger partial charge in [-0.1, -0.05) is 71.8 Å². The summed E-state index contributed by atoms with van der Waals surface area (Å²) in [5.41, 5.74) is 3.62. The number of benzene rings is 3. The Morgan fingerprint density at radius 2 is 1.62 bits per heavy atom. The summed E-state index contributed by atoms with van der Waals surface area (Å²) in [6.07, 6.45) is 0. The smallest absolute Gasteiger partial charge is 0.282 e. The molecule has 2 amide bonds. The molecule has 0 fully saturated rings. The molecule has 1 heterocycles. The zero-order chi connectivity index (χ0) is 22.8. The molecule has 3 aromatic rings. The summed E-state index contributed by atoms with van der Waals surface area (Å²) in [6.45, 7) is 4.90. The molecule has 0 saturated heterocycles. The van der Waals surface area contributed by atoms with E-state index in [0.29, 0.717) is 29.9 Å². The van der Waals surface area contributed by atoms with Crippen molar-refractivity contribution in [3.63, 3.8) is 0 Å². The highest BCUT2D eigenvalue weighted by Crippen LogP contribution is 2.36. The molecule has 0 aliphatic carbocycles. The summed E-state index contributed by atoms with van der Waals surface area (Å²) < 4.78 is 13.7. The number of carbonyl (C=O) groups is 2. The number of imide groups is 1. The predicted octanol–water partition coefficient (Wildman–Crippen LogP) is 5.59. The molecule has 0 N–H and O–H groups in total. The molecule has 0 spiro atoms. The predicted molar refractivity (Wildman–Crippen MR) is 125 cm³/mol. The van der Waals surface area contributed by atoms with Gasteiger partial charge in [0, 0.05) is 13.1 Å². The third kappa shape index (κ3) is 4.04. The van der Waals surface area contributed by atoms with Crippen molar-refractivity contribution in [3.8, 4) is 0 Å². The van der Waals surface area contributed by atoms with E-state index in [0.717, 1.165) is 22.1 Å². The van der Waals surface area contributed by atoms with E-state index in [9.17, 15) is 14.0 Å². The summed E-state index contributed by atoms with van der Waals surface area (Å²) in [4.78, 5) is 30.2. The first-order chi connectivity index (χ1) is 15.4. The number of hydrogen-bond acceptors (Lipinski definition) is 3. The lowest BCUT2D eigenvalue weighted by Crippen LogP contribution is -2.35. The van der Waals surface area contributed by atoms with Gasteiger partial charge in [-0.25, -0.2) is 9.29 Å². The third-order valence-corrected chi connectivity index (χ3v) is 5.76. The lowest BCUT2D eigenvalue weighted by atomic mass is 10.0. The molecule has 162 valence electrons. The second-order valence-electron chi connectivity index (χ2n) is 7.63. The first kappa shape index (κ1) is 21.8. The molecule has 3 aromatic carbocycles. The Morgan fingerprint density at radius 1 is 0.938 bits per heavy atom. The van der Waals surface area contributed by atoms with Crippen LogP contribution < -0.4 is 4.90 Å². The van der Waals surface area contributed by atoms with Crippen LogP contribution in [0.3, 0.4) is 0 Å². The number of halogens is 2. The Kier molecular flexibility index (Phi) is 6.10. The zero-order valence-electron chi connectivity index (χ0n) is 17.8. The summed E-state index contributed by atoms with van der Waals surface area (Å²) in [5.74, 6) is -1.52. The lowest BCUT2D eigenvalue weighted by molar-refractivity contribution is -0.120. The molecule has 4 nitrogen and oxygen atoms in total. The summed E-state index contributed by atoms with van der Waals surface area (Å²) >= 11 is 5.94. The largest absolute Gasteiger partial charge is 0.362 e. The van der Waals surface area contributed by atoms with Crippen LogP contribution in [0.15, 0.2) is 78.5 Å². The molecule has 1 aliphatic heterocycles. The third-order valence-electron chi connectivity index (χ3n) is 5.48. The van der Waals surface area contributed by atoms with Crippen molar-refractivity contribution >= 4 is 34.7 Å². The van der Waals surface area contributed by atoms with Crippen LogP contribution >= 0.6 is 11.6 Å². The minimum Gasteiger partial charge on any atom is -0.362 e. The molecule has 0 radical (unpaired) electrons. The Bertz CT molecular complexity index is 1210. The molecule has 0 unspecified atom stereocenters. The van der Waals surface area contributed by atoms with Gasteiger partial charge in [-0.05, 0) is 43.2 Å². The van der Waals surface area contributed by atoms with E-state index >= 15 is 0 Å². The number of likely N-dealkylation sites (N-methyl/N-ethyl adjacent to an activating group) is 1. The minimum atomic E-state index is -0.610. The van der Waals surface area contributed by atoms with Crippen molar-refractivity contribution in [3.05, 3.63) is 106 Å². The number of carbonyl (C=O) groups excluding carboxylic acids is 2. The fourth-order valence-corrected chi connectivity index (χ4v) is 3.98. The highest BCUT2D eigenvalue weighted by Gasteiger charge is 2.42. The van der Waals surface area contributed by atoms with Crippen LogP contribution in [-0.4, -0.2) is 23.3 Å². The Labute approximate surface area is 191 Å². The van der Waals surface area contributed by atoms with Crippen LogP contribution in [0, 0.1) is 12.7 Å². The molecule has 6 heteroatoms. The number of amides is 2. The molecule has 0 bridgehead atoms. The van der Waals surface area contributed by atoms with Crippen LogP contribution in [-0.2, 0) is 16.1 Å². The maximum absolute atomic E-state index is 13.7. The molecule has 4 rings (SSSR count). The van der Waals surface area contributed by atoms with Crippen molar-refractivity contribution in [2.24, 2.45) is 0 Å². The van der Waals surface area contributed by atoms with Gasteiger partial charge in [0.25, 0.3) is 11.8 Å². The van der Waals surface area contributed by atoms with Crippen LogP contribution in [0.2, 0.25) is 5.02 Å². The first-order valence-electron chi connectivity index (χ1n) is 10.3. The maximum atomic E-state index is 13.7. The second-order valence-corrected chi connectivity index (χ2v) is 8.04. The van der Waals surface area contributed by atoms with E-state index in [1.165, 1.54) is 12.1 Å². The Morgan fingerprint density at radius 3 is 2.25 bits per heavy atom. The van der Waals surface area contributed by atoms with Crippen molar-refractivity contribution in [2.45, 2.75) is 20.4 Å². The highest BCUT2D eigenvalue weighted by molar-refractivity contribution is 6.45. The SMILES string of the molecule is CCN(Cc1ccccc1)C1=C(c2ccc(C)cc2)C(=O)N(c2ccc(F)c(Cl)c2)C1=O. The lowest BCUT2D eigenvalue weighted by Gasteiger charge is -2.25. The minimum absolute atomic E-state index is 0.148. The summed E-state index contributed by atoms with van der Waals surface area (Å²) in [6, 6.07) is 21.1. The standard InChI is InChI=1S/C26H22ClFN2O2/c1-3-29(16-18-7-5-4-6-8-18)24-23(19-11-9-17(2)10-12-19)25(31)30(26(24)32)20-13-14-22(28)21(27)15-20/h4-15H,3,16H2,1-2H3. The normalized spacial score (nSPS) is 13.8. The van der Waals surface area contributed by atoms with E-state index in [4.69, 9.17) is 11.6 Å². The zero-order valence-corrected chi connectivity index (χ0v) is 18.6. The van der Waals surface area contributed by atoms with Crippen molar-refractivity contribution < 1.29 is 14.0 Å². The average Bonchev–Trinajstić information content (AvgIpc) is 3.05. The van der Waals surface area contributed by atoms with Crippen molar-refractivity contribution in [1.29, 1.82) is 0 Å². The summed E-state index contributed by atoms with van der Waals surface area (Å²) in [7, 11) is 0. The molecule has 0 atom stereocenters. The van der Waals surface area contributed by atoms with E-state index in [1.54, 1.807) is 0 Å². The van der Waals surface area contributed by atoms with Crippen molar-refractivity contribution in [2.75, 3.05) is 11.4 Å². The number of hydrogen-bond donors (Lipinski definition) is 0. The van der Waals surface area contributed by atoms with Gasteiger partial charge in [0.2, 0.25) is 0 Å². The van der Waals surface area contributed by atoms with Gasteiger partial charge in [-0.15, -0.1) is 0 Å². The van der Waals surface area contributed by atoms with Gasteiger partial charge < -0.3 is 4.90 Å². The number of anilines is 1. The first-order valence-corrected chi connectivity index (χ1v) is 10.7. The molecule has 0 saturated carbocycles. The fourth-order valence-electron chi connectivity index (χ4n) is 3.80. The van der Waals surface area contributed by atoms with Crippen LogP contribution in [0.25, 0.3) is 5.57 Å². The molecular formula is C26H22ClFN2O2. The second kappa shape index (κ2) is 8.97. The highest BCUT2D eigenvalue weighted by atomic mass is 35.5. The van der Waals surface area contributed by atoms with Crippen LogP contribution in [0.4, 0.5) is 10.1 Å². The monoisotopic (exact) mass is 448 g/mol. The van der Waals surface area contributed by atoms with Gasteiger partial charge in [-0.2, -0.15) is 0 Å². The number of aryl methyl sites for hydroxylation is 1. The van der Waals surface area contributed by atoms with E-state index in [2.05, 4.69) is 0 Å². The number of rotatable bonds is 6. The van der Waals surface area contributed by atoms with E-state index < -0.39 is 17.6 Å². The molecule has 0 aromatic heterocycles. The molecule has 32 heavy (non-hydrogen) atoms. The van der Waals surface area contributed by atoms with Gasteiger partial charge in [-0.3, -0.25) is 9.59 Å². The van der Waals surface area contributed by atoms with Gasteiger partial charge in [0.1, 0.15) is 11.5 Å². The Balaban J connectivity index is 1.83. The quantitative estimate of drug-likeness (QED) is 0.461. The van der Waals surface area contributed by atoms with Gasteiger partial charge in [0.05, 0.1) is 16.3 Å². The van der Waals surface area contributed by atoms with Gasteiger partial charge >= 0.3 is 0 Å². The van der Waals surface area contributed by atoms with Crippen LogP contribution in [0.5, 0.6) is 0 Å². The average molecular weight is 449 g/mol. The molecular weight excluding hydrogens is 427 g/mol. The van der Waals surface area contributed by atoms with Crippen LogP contribution in [0.1, 0.15) is 23.6 Å². The fraction of sp³-hybridized carbons (Fsp3) is 0.154. The van der Waals surface area contributed by atoms with Gasteiger partial charge in [0.15, 0.2) is 0 Å². The molecule has 1 aliphatic rings. The maximum Gasteiger partial charge on any atom is 0.282 e. The number of nitrogens with zero attached hydrogens (tertiary/aromatic N) is 2. The Hall–Kier alpha value is -3.44.